The van der Waals surface area contributed by atoms with Gasteiger partial charge in [0.1, 0.15) is 6.04 Å². The van der Waals surface area contributed by atoms with Crippen molar-refractivity contribution in [1.82, 2.24) is 14.5 Å². The molecule has 1 aromatic heterocycles. The molecular formula is C13H14FN3O3S. The molecule has 6 nitrogen and oxygen atoms in total. The predicted octanol–water partition coefficient (Wildman–Crippen LogP) is 2.01. The number of hydrogen-bond donors (Lipinski definition) is 0. The van der Waals surface area contributed by atoms with Crippen LogP contribution in [-0.4, -0.2) is 29.5 Å². The zero-order valence-corrected chi connectivity index (χ0v) is 12.0. The molecule has 1 saturated heterocycles. The third kappa shape index (κ3) is 3.11. The highest BCUT2D eigenvalue weighted by Gasteiger charge is 2.38. The first kappa shape index (κ1) is 14.2. The number of nitrogens with zero attached hydrogens (tertiary/aromatic N) is 3. The van der Waals surface area contributed by atoms with E-state index in [1.807, 2.05) is 30.3 Å². The lowest BCUT2D eigenvalue weighted by molar-refractivity contribution is 0.310. The molecule has 0 unspecified atom stereocenters. The van der Waals surface area contributed by atoms with Gasteiger partial charge in [0.05, 0.1) is 6.42 Å². The molecule has 0 aliphatic carbocycles. The molecule has 112 valence electrons. The van der Waals surface area contributed by atoms with Gasteiger partial charge in [-0.1, -0.05) is 34.2 Å². The molecule has 0 bridgehead atoms. The first-order valence-electron chi connectivity index (χ1n) is 6.61. The van der Waals surface area contributed by atoms with Crippen LogP contribution in [0.25, 0.3) is 0 Å². The van der Waals surface area contributed by atoms with Crippen molar-refractivity contribution in [3.8, 4) is 0 Å². The molecule has 1 atom stereocenters. The Balaban J connectivity index is 1.79. The average Bonchev–Trinajstić information content (AvgIpc) is 3.07. The third-order valence-corrected chi connectivity index (χ3v) is 4.45. The van der Waals surface area contributed by atoms with Crippen LogP contribution in [0.3, 0.4) is 0 Å². The van der Waals surface area contributed by atoms with Gasteiger partial charge in [0.15, 0.2) is 0 Å². The maximum absolute atomic E-state index is 13.2. The van der Waals surface area contributed by atoms with E-state index in [1.54, 1.807) is 0 Å². The van der Waals surface area contributed by atoms with Gasteiger partial charge in [0.25, 0.3) is 0 Å². The van der Waals surface area contributed by atoms with Crippen molar-refractivity contribution in [2.24, 2.45) is 0 Å². The van der Waals surface area contributed by atoms with Gasteiger partial charge in [-0.25, -0.2) is 0 Å². The summed E-state index contributed by atoms with van der Waals surface area (Å²) < 4.78 is 41.6. The molecule has 0 radical (unpaired) electrons. The second-order valence-corrected chi connectivity index (χ2v) is 6.20. The van der Waals surface area contributed by atoms with Crippen LogP contribution >= 0.6 is 0 Å². The van der Waals surface area contributed by atoms with Crippen LogP contribution in [-0.2, 0) is 16.8 Å². The van der Waals surface area contributed by atoms with E-state index in [1.165, 1.54) is 0 Å². The van der Waals surface area contributed by atoms with Crippen LogP contribution in [0.1, 0.15) is 36.2 Å². The van der Waals surface area contributed by atoms with E-state index < -0.39 is 16.5 Å². The van der Waals surface area contributed by atoms with Crippen molar-refractivity contribution in [2.75, 3.05) is 6.54 Å². The number of hydrogen-bond acceptors (Lipinski definition) is 5. The van der Waals surface area contributed by atoms with E-state index in [9.17, 15) is 12.3 Å². The van der Waals surface area contributed by atoms with Gasteiger partial charge in [-0.3, -0.25) is 0 Å². The second-order valence-electron chi connectivity index (χ2n) is 4.91. The van der Waals surface area contributed by atoms with Gasteiger partial charge >= 0.3 is 10.4 Å². The minimum atomic E-state index is -4.74. The van der Waals surface area contributed by atoms with Gasteiger partial charge in [-0.2, -0.15) is 12.7 Å². The highest BCUT2D eigenvalue weighted by Crippen LogP contribution is 2.34. The number of benzene rings is 1. The summed E-state index contributed by atoms with van der Waals surface area (Å²) in [6, 6.07) is 8.87. The van der Waals surface area contributed by atoms with Gasteiger partial charge in [-0.15, -0.1) is 10.2 Å². The molecular weight excluding hydrogens is 297 g/mol. The lowest BCUT2D eigenvalue weighted by atomic mass is 10.1. The molecule has 0 saturated carbocycles. The topological polar surface area (TPSA) is 76.3 Å². The van der Waals surface area contributed by atoms with Crippen molar-refractivity contribution in [1.29, 1.82) is 0 Å². The fourth-order valence-electron chi connectivity index (χ4n) is 2.49. The van der Waals surface area contributed by atoms with E-state index in [-0.39, 0.29) is 12.4 Å². The lowest BCUT2D eigenvalue weighted by Gasteiger charge is -2.15. The summed E-state index contributed by atoms with van der Waals surface area (Å²) in [5.41, 5.74) is 1.01. The maximum Gasteiger partial charge on any atom is 0.375 e. The smallest absolute Gasteiger partial charge is 0.375 e. The van der Waals surface area contributed by atoms with Gasteiger partial charge in [-0.05, 0) is 18.4 Å². The molecule has 1 fully saturated rings. The van der Waals surface area contributed by atoms with Crippen LogP contribution in [0.2, 0.25) is 0 Å². The van der Waals surface area contributed by atoms with Crippen molar-refractivity contribution in [3.05, 3.63) is 47.7 Å². The number of halogens is 1. The van der Waals surface area contributed by atoms with Gasteiger partial charge in [0, 0.05) is 6.54 Å². The van der Waals surface area contributed by atoms with Crippen molar-refractivity contribution in [3.63, 3.8) is 0 Å². The van der Waals surface area contributed by atoms with E-state index >= 15 is 0 Å². The van der Waals surface area contributed by atoms with E-state index in [4.69, 9.17) is 4.42 Å². The summed E-state index contributed by atoms with van der Waals surface area (Å²) in [7, 11) is -4.74. The van der Waals surface area contributed by atoms with E-state index in [0.717, 1.165) is 9.87 Å². The number of aromatic nitrogens is 2. The van der Waals surface area contributed by atoms with Crippen LogP contribution in [0.4, 0.5) is 3.89 Å². The molecule has 21 heavy (non-hydrogen) atoms. The summed E-state index contributed by atoms with van der Waals surface area (Å²) in [6.07, 6.45) is 1.52. The Morgan fingerprint density at radius 1 is 1.29 bits per heavy atom. The van der Waals surface area contributed by atoms with Crippen molar-refractivity contribution >= 4 is 10.4 Å². The zero-order chi connectivity index (χ0) is 14.9. The third-order valence-electron chi connectivity index (χ3n) is 3.45. The Morgan fingerprint density at radius 3 is 2.76 bits per heavy atom. The van der Waals surface area contributed by atoms with Crippen LogP contribution in [0.5, 0.6) is 0 Å². The monoisotopic (exact) mass is 311 g/mol. The van der Waals surface area contributed by atoms with E-state index in [0.29, 0.717) is 25.2 Å². The fraction of sp³-hybridized carbons (Fsp3) is 0.385. The van der Waals surface area contributed by atoms with Crippen molar-refractivity contribution < 1.29 is 16.7 Å². The minimum Gasteiger partial charge on any atom is -0.423 e. The quantitative estimate of drug-likeness (QED) is 0.807. The number of rotatable bonds is 4. The summed E-state index contributed by atoms with van der Waals surface area (Å²) in [4.78, 5) is 0. The molecule has 3 rings (SSSR count). The Labute approximate surface area is 121 Å². The largest absolute Gasteiger partial charge is 0.423 e. The minimum absolute atomic E-state index is 0.139. The Bertz CT molecular complexity index is 717. The van der Waals surface area contributed by atoms with Crippen LogP contribution in [0.15, 0.2) is 34.7 Å². The first-order chi connectivity index (χ1) is 10.0. The summed E-state index contributed by atoms with van der Waals surface area (Å²) in [6.45, 7) is 0.139. The van der Waals surface area contributed by atoms with Gasteiger partial charge in [0.2, 0.25) is 11.8 Å². The second kappa shape index (κ2) is 5.53. The summed E-state index contributed by atoms with van der Waals surface area (Å²) in [5.74, 6) is 0.541. The molecule has 1 aromatic carbocycles. The molecule has 0 spiro atoms. The van der Waals surface area contributed by atoms with Gasteiger partial charge < -0.3 is 4.42 Å². The predicted molar refractivity (Wildman–Crippen MR) is 72.3 cm³/mol. The van der Waals surface area contributed by atoms with Crippen LogP contribution in [0, 0.1) is 0 Å². The normalized spacial score (nSPS) is 20.0. The molecule has 1 aliphatic heterocycles. The molecule has 8 heteroatoms. The SMILES string of the molecule is O=S(=O)(F)N1CCC[C@H]1c1nnc(Cc2ccccc2)o1. The Morgan fingerprint density at radius 2 is 2.05 bits per heavy atom. The standard InChI is InChI=1S/C13H14FN3O3S/c14-21(18,19)17-8-4-7-11(17)13-16-15-12(20-13)9-10-5-2-1-3-6-10/h1-3,5-6,11H,4,7-9H2/t11-/m0/s1. The molecule has 1 aliphatic rings. The average molecular weight is 311 g/mol. The zero-order valence-electron chi connectivity index (χ0n) is 11.1. The summed E-state index contributed by atoms with van der Waals surface area (Å²) >= 11 is 0. The Hall–Kier alpha value is -1.80. The molecule has 2 aromatic rings. The van der Waals surface area contributed by atoms with Crippen molar-refractivity contribution in [2.45, 2.75) is 25.3 Å². The molecule has 2 heterocycles. The molecule has 0 amide bonds. The Kier molecular flexibility index (Phi) is 3.73. The highest BCUT2D eigenvalue weighted by molar-refractivity contribution is 7.84. The van der Waals surface area contributed by atoms with E-state index in [2.05, 4.69) is 10.2 Å². The first-order valence-corrected chi connectivity index (χ1v) is 7.96. The maximum atomic E-state index is 13.2. The lowest BCUT2D eigenvalue weighted by Crippen LogP contribution is -2.27. The highest BCUT2D eigenvalue weighted by atomic mass is 32.3. The molecule has 0 N–H and O–H groups in total. The fourth-order valence-corrected chi connectivity index (χ4v) is 3.34. The summed E-state index contributed by atoms with van der Waals surface area (Å²) in [5, 5.41) is 7.78. The van der Waals surface area contributed by atoms with Crippen LogP contribution < -0.4 is 0 Å².